The van der Waals surface area contributed by atoms with Gasteiger partial charge in [0.05, 0.1) is 22.8 Å². The van der Waals surface area contributed by atoms with Crippen molar-refractivity contribution < 1.29 is 23.1 Å². The first-order chi connectivity index (χ1) is 13.8. The van der Waals surface area contributed by atoms with Crippen molar-refractivity contribution in [1.82, 2.24) is 0 Å². The minimum absolute atomic E-state index is 0.0119. The molecule has 150 valence electrons. The van der Waals surface area contributed by atoms with Crippen LogP contribution in [0.25, 0.3) is 10.8 Å². The van der Waals surface area contributed by atoms with E-state index in [4.69, 9.17) is 4.74 Å². The molecule has 8 heteroatoms. The number of hydrogen-bond acceptors (Lipinski definition) is 5. The van der Waals surface area contributed by atoms with Gasteiger partial charge in [-0.3, -0.25) is 9.52 Å². The van der Waals surface area contributed by atoms with Crippen LogP contribution in [0.3, 0.4) is 0 Å². The van der Waals surface area contributed by atoms with Crippen LogP contribution in [0, 0.1) is 0 Å². The first-order valence-corrected chi connectivity index (χ1v) is 10.6. The summed E-state index contributed by atoms with van der Waals surface area (Å²) in [6.07, 6.45) is -0.185. The monoisotopic (exact) mass is 412 g/mol. The topological polar surface area (TPSA) is 95.9 Å². The minimum Gasteiger partial charge on any atom is -0.507 e. The largest absolute Gasteiger partial charge is 0.507 e. The first-order valence-electron chi connectivity index (χ1n) is 9.08. The molecule has 3 aromatic rings. The molecule has 1 aliphatic rings. The molecule has 0 aliphatic carbocycles. The van der Waals surface area contributed by atoms with Crippen molar-refractivity contribution >= 4 is 38.1 Å². The van der Waals surface area contributed by atoms with E-state index in [9.17, 15) is 18.3 Å². The van der Waals surface area contributed by atoms with Gasteiger partial charge in [0.2, 0.25) is 5.91 Å². The average Bonchev–Trinajstić information content (AvgIpc) is 2.67. The van der Waals surface area contributed by atoms with Crippen molar-refractivity contribution in [3.8, 4) is 11.5 Å². The maximum atomic E-state index is 13.0. The van der Waals surface area contributed by atoms with Crippen molar-refractivity contribution in [1.29, 1.82) is 0 Å². The summed E-state index contributed by atoms with van der Waals surface area (Å²) in [5, 5.41) is 11.1. The van der Waals surface area contributed by atoms with Crippen molar-refractivity contribution in [3.05, 3.63) is 54.6 Å². The highest BCUT2D eigenvalue weighted by atomic mass is 32.2. The summed E-state index contributed by atoms with van der Waals surface area (Å²) in [5.74, 6) is 0.349. The molecule has 2 N–H and O–H groups in total. The van der Waals surface area contributed by atoms with Gasteiger partial charge in [-0.2, -0.15) is 0 Å². The zero-order valence-corrected chi connectivity index (χ0v) is 16.7. The number of anilines is 2. The molecule has 0 aromatic heterocycles. The van der Waals surface area contributed by atoms with E-state index in [-0.39, 0.29) is 22.7 Å². The maximum absolute atomic E-state index is 13.0. The molecule has 0 saturated heterocycles. The number of carbonyl (C=O) groups excluding carboxylic acids is 1. The summed E-state index contributed by atoms with van der Waals surface area (Å²) in [6, 6.07) is 14.4. The van der Waals surface area contributed by atoms with E-state index in [0.717, 1.165) is 0 Å². The van der Waals surface area contributed by atoms with Gasteiger partial charge in [0, 0.05) is 17.7 Å². The molecule has 1 amide bonds. The lowest BCUT2D eigenvalue weighted by molar-refractivity contribution is -0.117. The fourth-order valence-electron chi connectivity index (χ4n) is 3.47. The Labute approximate surface area is 168 Å². The van der Waals surface area contributed by atoms with Crippen LogP contribution < -0.4 is 14.4 Å². The number of sulfonamides is 1. The molecule has 1 atom stereocenters. The summed E-state index contributed by atoms with van der Waals surface area (Å²) in [7, 11) is -3.94. The Morgan fingerprint density at radius 3 is 2.62 bits per heavy atom. The van der Waals surface area contributed by atoms with E-state index in [1.54, 1.807) is 42.5 Å². The number of aromatic hydroxyl groups is 1. The smallest absolute Gasteiger partial charge is 0.261 e. The Morgan fingerprint density at radius 2 is 1.86 bits per heavy atom. The van der Waals surface area contributed by atoms with Gasteiger partial charge < -0.3 is 14.7 Å². The van der Waals surface area contributed by atoms with Gasteiger partial charge in [0.15, 0.2) is 0 Å². The predicted molar refractivity (Wildman–Crippen MR) is 111 cm³/mol. The first kappa shape index (κ1) is 19.1. The number of fused-ring (bicyclic) bond motifs is 2. The molecule has 0 bridgehead atoms. The lowest BCUT2D eigenvalue weighted by Gasteiger charge is -2.33. The van der Waals surface area contributed by atoms with Crippen LogP contribution in [0.4, 0.5) is 11.4 Å². The Kier molecular flexibility index (Phi) is 4.58. The average molecular weight is 412 g/mol. The highest BCUT2D eigenvalue weighted by molar-refractivity contribution is 7.92. The summed E-state index contributed by atoms with van der Waals surface area (Å²) < 4.78 is 34.4. The molecule has 0 fully saturated rings. The number of hydrogen-bond donors (Lipinski definition) is 2. The third-order valence-corrected chi connectivity index (χ3v) is 6.19. The predicted octanol–water partition coefficient (Wildman–Crippen LogP) is 3.48. The molecule has 1 unspecified atom stereocenters. The summed E-state index contributed by atoms with van der Waals surface area (Å²) >= 11 is 0. The fourth-order valence-corrected chi connectivity index (χ4v) is 4.57. The lowest BCUT2D eigenvalue weighted by atomic mass is 10.1. The second kappa shape index (κ2) is 6.97. The van der Waals surface area contributed by atoms with Crippen LogP contribution in [-0.4, -0.2) is 32.1 Å². The molecular weight excluding hydrogens is 392 g/mol. The van der Waals surface area contributed by atoms with E-state index in [1.807, 2.05) is 6.92 Å². The molecule has 0 spiro atoms. The van der Waals surface area contributed by atoms with Gasteiger partial charge in [-0.25, -0.2) is 8.42 Å². The van der Waals surface area contributed by atoms with Gasteiger partial charge in [-0.15, -0.1) is 0 Å². The minimum atomic E-state index is -3.94. The molecule has 1 heterocycles. The Hall–Kier alpha value is -3.26. The van der Waals surface area contributed by atoms with E-state index in [1.165, 1.54) is 24.0 Å². The van der Waals surface area contributed by atoms with Crippen molar-refractivity contribution in [2.45, 2.75) is 24.8 Å². The molecule has 29 heavy (non-hydrogen) atoms. The standard InChI is InChI=1S/C21H20N2O5S/c1-13-12-23(14(2)24)19-11-15(9-10-21(19)28-13)29(26,27)22-18-7-3-6-17-16(18)5-4-8-20(17)25/h3-11,13,22,25H,12H2,1-2H3. The van der Waals surface area contributed by atoms with Crippen molar-refractivity contribution in [2.24, 2.45) is 0 Å². The zero-order chi connectivity index (χ0) is 20.8. The van der Waals surface area contributed by atoms with Crippen LogP contribution in [0.15, 0.2) is 59.5 Å². The number of nitrogens with zero attached hydrogens (tertiary/aromatic N) is 1. The Balaban J connectivity index is 1.75. The van der Waals surface area contributed by atoms with Crippen LogP contribution >= 0.6 is 0 Å². The molecule has 7 nitrogen and oxygen atoms in total. The van der Waals surface area contributed by atoms with E-state index < -0.39 is 10.0 Å². The van der Waals surface area contributed by atoms with Crippen molar-refractivity contribution in [3.63, 3.8) is 0 Å². The summed E-state index contributed by atoms with van der Waals surface area (Å²) in [4.78, 5) is 13.5. The van der Waals surface area contributed by atoms with Crippen molar-refractivity contribution in [2.75, 3.05) is 16.2 Å². The summed E-state index contributed by atoms with van der Waals surface area (Å²) in [6.45, 7) is 3.63. The third-order valence-electron chi connectivity index (χ3n) is 4.82. The van der Waals surface area contributed by atoms with Crippen LogP contribution in [-0.2, 0) is 14.8 Å². The molecule has 1 aliphatic heterocycles. The third kappa shape index (κ3) is 3.47. The normalized spacial score (nSPS) is 16.2. The molecule has 0 radical (unpaired) electrons. The maximum Gasteiger partial charge on any atom is 0.261 e. The quantitative estimate of drug-likeness (QED) is 0.687. The Bertz CT molecular complexity index is 1220. The molecule has 4 rings (SSSR count). The SMILES string of the molecule is CC(=O)N1CC(C)Oc2ccc(S(=O)(=O)Nc3cccc4c(O)cccc34)cc21. The van der Waals surface area contributed by atoms with Crippen LogP contribution in [0.5, 0.6) is 11.5 Å². The highest BCUT2D eigenvalue weighted by Crippen LogP contribution is 2.36. The fraction of sp³-hybridized carbons (Fsp3) is 0.190. The highest BCUT2D eigenvalue weighted by Gasteiger charge is 2.28. The van der Waals surface area contributed by atoms with Gasteiger partial charge in [-0.05, 0) is 37.3 Å². The Morgan fingerprint density at radius 1 is 1.14 bits per heavy atom. The lowest BCUT2D eigenvalue weighted by Crippen LogP contribution is -2.41. The number of benzene rings is 3. The van der Waals surface area contributed by atoms with Crippen LogP contribution in [0.2, 0.25) is 0 Å². The number of nitrogens with one attached hydrogen (secondary N) is 1. The second-order valence-corrected chi connectivity index (χ2v) is 8.65. The zero-order valence-electron chi connectivity index (χ0n) is 15.9. The van der Waals surface area contributed by atoms with Crippen LogP contribution in [0.1, 0.15) is 13.8 Å². The number of phenolic OH excluding ortho intramolecular Hbond substituents is 1. The number of ether oxygens (including phenoxy) is 1. The number of rotatable bonds is 3. The van der Waals surface area contributed by atoms with E-state index >= 15 is 0 Å². The van der Waals surface area contributed by atoms with Gasteiger partial charge >= 0.3 is 0 Å². The number of phenols is 1. The summed E-state index contributed by atoms with van der Waals surface area (Å²) in [5.41, 5.74) is 0.776. The van der Waals surface area contributed by atoms with Gasteiger partial charge in [0.25, 0.3) is 10.0 Å². The molecule has 3 aromatic carbocycles. The second-order valence-electron chi connectivity index (χ2n) is 6.97. The molecule has 0 saturated carbocycles. The van der Waals surface area contributed by atoms with Gasteiger partial charge in [0.1, 0.15) is 17.6 Å². The number of carbonyl (C=O) groups is 1. The number of amides is 1. The van der Waals surface area contributed by atoms with E-state index in [0.29, 0.717) is 34.4 Å². The molecular formula is C21H20N2O5S. The van der Waals surface area contributed by atoms with Gasteiger partial charge in [-0.1, -0.05) is 24.3 Å². The van der Waals surface area contributed by atoms with E-state index in [2.05, 4.69) is 4.72 Å².